The molecule has 0 rings (SSSR count). The Morgan fingerprint density at radius 3 is 1.19 bits per heavy atom. The molecule has 6 nitrogen and oxygen atoms in total. The Hall–Kier alpha value is -0.460. The molecule has 0 heterocycles. The van der Waals surface area contributed by atoms with Crippen LogP contribution in [0.25, 0.3) is 0 Å². The zero-order valence-corrected chi connectivity index (χ0v) is 12.5. The summed E-state index contributed by atoms with van der Waals surface area (Å²) in [4.78, 5) is 0. The molecule has 21 heavy (non-hydrogen) atoms. The lowest BCUT2D eigenvalue weighted by molar-refractivity contribution is 0.241. The largest absolute Gasteiger partial charge is 0.275 e. The van der Waals surface area contributed by atoms with Gasteiger partial charge < -0.3 is 0 Å². The Bertz CT molecular complexity index is 428. The average Bonchev–Trinajstić information content (AvgIpc) is 2.40. The van der Waals surface area contributed by atoms with Gasteiger partial charge in [0.25, 0.3) is 20.2 Å². The van der Waals surface area contributed by atoms with Crippen LogP contribution >= 0.6 is 0 Å². The van der Waals surface area contributed by atoms with E-state index in [0.717, 1.165) is 0 Å². The number of hydrogen-bond donors (Lipinski definition) is 0. The van der Waals surface area contributed by atoms with Crippen LogP contribution in [0.15, 0.2) is 0 Å². The fourth-order valence-corrected chi connectivity index (χ4v) is 2.70. The van der Waals surface area contributed by atoms with Crippen molar-refractivity contribution in [2.24, 2.45) is 0 Å². The van der Waals surface area contributed by atoms with Crippen molar-refractivity contribution in [2.45, 2.75) is 16.9 Å². The fraction of sp³-hybridized carbons (Fsp3) is 1.00. The van der Waals surface area contributed by atoms with Gasteiger partial charge in [-0.25, -0.2) is 17.6 Å². The summed E-state index contributed by atoms with van der Waals surface area (Å²) in [7, 11) is -8.88. The van der Waals surface area contributed by atoms with E-state index in [1.807, 2.05) is 0 Å². The van der Waals surface area contributed by atoms with Gasteiger partial charge in [0.1, 0.15) is 37.2 Å². The highest BCUT2D eigenvalue weighted by molar-refractivity contribution is 7.87. The molecule has 0 saturated heterocycles. The van der Waals surface area contributed by atoms with E-state index in [1.54, 1.807) is 0 Å². The van der Waals surface area contributed by atoms with Crippen molar-refractivity contribution in [1.82, 2.24) is 0 Å². The molecule has 12 heteroatoms. The zero-order valence-electron chi connectivity index (χ0n) is 10.9. The van der Waals surface area contributed by atoms with Crippen LogP contribution < -0.4 is 0 Å². The molecule has 0 aromatic carbocycles. The molecular weight excluding hydrogens is 344 g/mol. The molecule has 0 aliphatic carbocycles. The standard InChI is InChI=1S/C9H16F4O6S2/c10-4-8(5-11)20(14,15)18-2-1-3-19-21(16,17)9(6-12)7-13/h8-9H,1-7H2. The highest BCUT2D eigenvalue weighted by atomic mass is 32.2. The van der Waals surface area contributed by atoms with E-state index < -0.39 is 70.6 Å². The molecule has 0 aliphatic rings. The van der Waals surface area contributed by atoms with E-state index in [0.29, 0.717) is 0 Å². The molecule has 0 saturated carbocycles. The Morgan fingerprint density at radius 1 is 0.667 bits per heavy atom. The molecule has 0 spiro atoms. The fourth-order valence-electron chi connectivity index (χ4n) is 0.993. The highest BCUT2D eigenvalue weighted by Gasteiger charge is 2.28. The number of rotatable bonds is 12. The lowest BCUT2D eigenvalue weighted by atomic mass is 10.5. The van der Waals surface area contributed by atoms with Crippen molar-refractivity contribution >= 4 is 20.2 Å². The molecule has 0 amide bonds. The summed E-state index contributed by atoms with van der Waals surface area (Å²) in [6.45, 7) is -7.00. The quantitative estimate of drug-likeness (QED) is 0.289. The maximum atomic E-state index is 12.2. The van der Waals surface area contributed by atoms with E-state index >= 15 is 0 Å². The molecule has 0 atom stereocenters. The minimum atomic E-state index is -4.44. The van der Waals surface area contributed by atoms with Gasteiger partial charge in [0, 0.05) is 0 Å². The molecule has 0 aliphatic heterocycles. The van der Waals surface area contributed by atoms with Gasteiger partial charge in [0.15, 0.2) is 0 Å². The topological polar surface area (TPSA) is 86.7 Å². The molecule has 128 valence electrons. The third-order valence-corrected chi connectivity index (χ3v) is 5.42. The molecule has 0 radical (unpaired) electrons. The molecule has 0 unspecified atom stereocenters. The van der Waals surface area contributed by atoms with Gasteiger partial charge >= 0.3 is 0 Å². The van der Waals surface area contributed by atoms with Crippen molar-refractivity contribution in [2.75, 3.05) is 39.9 Å². The molecule has 0 aromatic heterocycles. The smallest absolute Gasteiger partial charge is 0.270 e. The van der Waals surface area contributed by atoms with Gasteiger partial charge in [-0.1, -0.05) is 0 Å². The summed E-state index contributed by atoms with van der Waals surface area (Å²) in [5.74, 6) is 0. The summed E-state index contributed by atoms with van der Waals surface area (Å²) in [5, 5.41) is -3.88. The maximum absolute atomic E-state index is 12.2. The van der Waals surface area contributed by atoms with Gasteiger partial charge in [-0.2, -0.15) is 16.8 Å². The van der Waals surface area contributed by atoms with Crippen molar-refractivity contribution in [1.29, 1.82) is 0 Å². The SMILES string of the molecule is O=S(=O)(OCCCOS(=O)(=O)C(CF)CF)C(CF)CF. The van der Waals surface area contributed by atoms with Gasteiger partial charge in [-0.3, -0.25) is 8.37 Å². The van der Waals surface area contributed by atoms with E-state index in [9.17, 15) is 34.4 Å². The predicted octanol–water partition coefficient (Wildman–Crippen LogP) is 0.685. The lowest BCUT2D eigenvalue weighted by Gasteiger charge is -2.12. The van der Waals surface area contributed by atoms with E-state index in [4.69, 9.17) is 0 Å². The number of hydrogen-bond acceptors (Lipinski definition) is 6. The van der Waals surface area contributed by atoms with Crippen LogP contribution in [0.2, 0.25) is 0 Å². The van der Waals surface area contributed by atoms with E-state index in [2.05, 4.69) is 8.37 Å². The predicted molar refractivity (Wildman–Crippen MR) is 65.8 cm³/mol. The summed E-state index contributed by atoms with van der Waals surface area (Å²) in [6, 6.07) is 0. The van der Waals surface area contributed by atoms with Gasteiger partial charge in [0.2, 0.25) is 0 Å². The van der Waals surface area contributed by atoms with Crippen molar-refractivity contribution in [3.05, 3.63) is 0 Å². The summed E-state index contributed by atoms with van der Waals surface area (Å²) in [5.41, 5.74) is 0. The van der Waals surface area contributed by atoms with E-state index in [1.165, 1.54) is 0 Å². The second kappa shape index (κ2) is 9.54. The van der Waals surface area contributed by atoms with Crippen molar-refractivity contribution < 1.29 is 42.8 Å². The molecule has 0 aromatic rings. The first-order chi connectivity index (χ1) is 9.75. The molecule has 0 fully saturated rings. The molecule has 0 N–H and O–H groups in total. The minimum Gasteiger partial charge on any atom is -0.270 e. The summed E-state index contributed by atoms with van der Waals surface area (Å²) < 4.78 is 102. The Morgan fingerprint density at radius 2 is 0.952 bits per heavy atom. The lowest BCUT2D eigenvalue weighted by Crippen LogP contribution is -2.29. The first-order valence-corrected chi connectivity index (χ1v) is 8.69. The van der Waals surface area contributed by atoms with Gasteiger partial charge in [-0.15, -0.1) is 0 Å². The Labute approximate surface area is 120 Å². The average molecular weight is 360 g/mol. The third-order valence-electron chi connectivity index (χ3n) is 2.29. The Kier molecular flexibility index (Phi) is 9.33. The van der Waals surface area contributed by atoms with Crippen LogP contribution in [-0.2, 0) is 28.6 Å². The third kappa shape index (κ3) is 6.89. The van der Waals surface area contributed by atoms with Gasteiger partial charge in [0.05, 0.1) is 13.2 Å². The van der Waals surface area contributed by atoms with Crippen LogP contribution in [-0.4, -0.2) is 67.2 Å². The Balaban J connectivity index is 4.18. The van der Waals surface area contributed by atoms with Crippen molar-refractivity contribution in [3.63, 3.8) is 0 Å². The van der Waals surface area contributed by atoms with Crippen LogP contribution in [0, 0.1) is 0 Å². The second-order valence-corrected chi connectivity index (χ2v) is 7.62. The maximum Gasteiger partial charge on any atom is 0.275 e. The van der Waals surface area contributed by atoms with E-state index in [-0.39, 0.29) is 6.42 Å². The number of alkyl halides is 4. The summed E-state index contributed by atoms with van der Waals surface area (Å²) >= 11 is 0. The molecule has 0 bridgehead atoms. The van der Waals surface area contributed by atoms with Crippen molar-refractivity contribution in [3.8, 4) is 0 Å². The summed E-state index contributed by atoms with van der Waals surface area (Å²) in [6.07, 6.45) is -0.269. The molecular formula is C9H16F4O6S2. The minimum absolute atomic E-state index is 0.269. The zero-order chi connectivity index (χ0) is 16.5. The highest BCUT2D eigenvalue weighted by Crippen LogP contribution is 2.09. The first-order valence-electron chi connectivity index (χ1n) is 5.75. The normalized spacial score (nSPS) is 13.2. The van der Waals surface area contributed by atoms with Crippen LogP contribution in [0.3, 0.4) is 0 Å². The van der Waals surface area contributed by atoms with Crippen LogP contribution in [0.4, 0.5) is 17.6 Å². The first kappa shape index (κ1) is 20.5. The van der Waals surface area contributed by atoms with Crippen LogP contribution in [0.5, 0.6) is 0 Å². The second-order valence-electron chi connectivity index (χ2n) is 3.84. The van der Waals surface area contributed by atoms with Gasteiger partial charge in [-0.05, 0) is 6.42 Å². The van der Waals surface area contributed by atoms with Crippen LogP contribution in [0.1, 0.15) is 6.42 Å². The monoisotopic (exact) mass is 360 g/mol. The number of halogens is 4.